The number of imidazole rings is 1. The fourth-order valence-corrected chi connectivity index (χ4v) is 4.70. The lowest BCUT2D eigenvalue weighted by molar-refractivity contribution is 0.594. The first-order chi connectivity index (χ1) is 14.9. The van der Waals surface area contributed by atoms with Gasteiger partial charge < -0.3 is 15.3 Å². The lowest BCUT2D eigenvalue weighted by atomic mass is 10.3. The molecule has 5 aromatic rings. The molecule has 31 heavy (non-hydrogen) atoms. The molecular weight excluding hydrogens is 436 g/mol. The zero-order valence-corrected chi connectivity index (χ0v) is 17.9. The largest absolute Gasteiger partial charge is 0.358 e. The van der Waals surface area contributed by atoms with Crippen molar-refractivity contribution in [2.45, 2.75) is 4.90 Å². The normalized spacial score (nSPS) is 11.8. The van der Waals surface area contributed by atoms with Crippen LogP contribution in [0.5, 0.6) is 0 Å². The van der Waals surface area contributed by atoms with Crippen LogP contribution in [0.2, 0.25) is 5.15 Å². The standard InChI is InChI=1S/C21H17ClN6O2S/c1-28(13-5-3-2-4-6-13)31(29,30)14-7-8-15-17(11-14)25-21(24-15)26-18-12-23-16-9-10-19(22)27-20(16)18/h2-12,23H,1H3,(H2,24,25,26). The van der Waals surface area contributed by atoms with Crippen LogP contribution >= 0.6 is 11.6 Å². The van der Waals surface area contributed by atoms with Crippen LogP contribution < -0.4 is 9.62 Å². The van der Waals surface area contributed by atoms with Gasteiger partial charge >= 0.3 is 0 Å². The van der Waals surface area contributed by atoms with E-state index < -0.39 is 10.0 Å². The molecule has 0 amide bonds. The van der Waals surface area contributed by atoms with Gasteiger partial charge in [-0.1, -0.05) is 29.8 Å². The maximum Gasteiger partial charge on any atom is 0.264 e. The van der Waals surface area contributed by atoms with E-state index >= 15 is 0 Å². The maximum absolute atomic E-state index is 13.1. The van der Waals surface area contributed by atoms with Crippen LogP contribution in [0.15, 0.2) is 71.8 Å². The van der Waals surface area contributed by atoms with E-state index in [0.717, 1.165) is 5.52 Å². The Balaban J connectivity index is 1.48. The third-order valence-electron chi connectivity index (χ3n) is 4.97. The van der Waals surface area contributed by atoms with Crippen LogP contribution in [0.4, 0.5) is 17.3 Å². The summed E-state index contributed by atoms with van der Waals surface area (Å²) in [7, 11) is -2.20. The van der Waals surface area contributed by atoms with Crippen molar-refractivity contribution in [3.05, 3.63) is 72.0 Å². The van der Waals surface area contributed by atoms with Crippen molar-refractivity contribution in [1.82, 2.24) is 19.9 Å². The Bertz CT molecular complexity index is 1510. The van der Waals surface area contributed by atoms with Gasteiger partial charge in [0.25, 0.3) is 10.0 Å². The molecule has 0 spiro atoms. The molecule has 0 atom stereocenters. The van der Waals surface area contributed by atoms with E-state index in [9.17, 15) is 8.42 Å². The van der Waals surface area contributed by atoms with Gasteiger partial charge in [0, 0.05) is 13.2 Å². The number of hydrogen-bond donors (Lipinski definition) is 3. The molecular formula is C21H17ClN6O2S. The number of halogens is 1. The average molecular weight is 453 g/mol. The molecule has 0 unspecified atom stereocenters. The fourth-order valence-electron chi connectivity index (χ4n) is 3.34. The molecule has 0 fully saturated rings. The first-order valence-electron chi connectivity index (χ1n) is 9.36. The summed E-state index contributed by atoms with van der Waals surface area (Å²) in [6.45, 7) is 0. The smallest absolute Gasteiger partial charge is 0.264 e. The van der Waals surface area contributed by atoms with Crippen molar-refractivity contribution < 1.29 is 8.42 Å². The Hall–Kier alpha value is -3.56. The Kier molecular flexibility index (Phi) is 4.57. The number of fused-ring (bicyclic) bond motifs is 2. The van der Waals surface area contributed by atoms with Crippen molar-refractivity contribution in [2.24, 2.45) is 0 Å². The molecule has 5 rings (SSSR count). The van der Waals surface area contributed by atoms with Gasteiger partial charge in [0.1, 0.15) is 10.7 Å². The summed E-state index contributed by atoms with van der Waals surface area (Å²) < 4.78 is 27.4. The molecule has 156 valence electrons. The molecule has 0 aliphatic rings. The molecule has 0 bridgehead atoms. The van der Waals surface area contributed by atoms with Gasteiger partial charge in [0.05, 0.1) is 32.8 Å². The molecule has 0 saturated heterocycles. The van der Waals surface area contributed by atoms with Crippen LogP contribution in [0, 0.1) is 0 Å². The maximum atomic E-state index is 13.1. The van der Waals surface area contributed by atoms with Crippen molar-refractivity contribution in [3.8, 4) is 0 Å². The minimum atomic E-state index is -3.73. The number of nitrogens with zero attached hydrogens (tertiary/aromatic N) is 3. The van der Waals surface area contributed by atoms with E-state index in [2.05, 4.69) is 25.3 Å². The summed E-state index contributed by atoms with van der Waals surface area (Å²) in [5, 5.41) is 3.56. The summed E-state index contributed by atoms with van der Waals surface area (Å²) in [5.41, 5.74) is 4.03. The summed E-state index contributed by atoms with van der Waals surface area (Å²) in [6.07, 6.45) is 1.77. The molecule has 3 heterocycles. The zero-order chi connectivity index (χ0) is 21.6. The number of hydrogen-bond acceptors (Lipinski definition) is 5. The quantitative estimate of drug-likeness (QED) is 0.336. The predicted molar refractivity (Wildman–Crippen MR) is 123 cm³/mol. The topological polar surface area (TPSA) is 107 Å². The molecule has 0 aliphatic heterocycles. The highest BCUT2D eigenvalue weighted by molar-refractivity contribution is 7.92. The summed E-state index contributed by atoms with van der Waals surface area (Å²) in [5.74, 6) is 0.462. The highest BCUT2D eigenvalue weighted by atomic mass is 35.5. The Morgan fingerprint density at radius 2 is 1.77 bits per heavy atom. The van der Waals surface area contributed by atoms with E-state index in [1.165, 1.54) is 11.4 Å². The minimum absolute atomic E-state index is 0.157. The molecule has 3 aromatic heterocycles. The van der Waals surface area contributed by atoms with Crippen LogP contribution in [0.25, 0.3) is 22.1 Å². The molecule has 10 heteroatoms. The number of rotatable bonds is 5. The number of benzene rings is 2. The third-order valence-corrected chi connectivity index (χ3v) is 6.97. The fraction of sp³-hybridized carbons (Fsp3) is 0.0476. The molecule has 0 aliphatic carbocycles. The van der Waals surface area contributed by atoms with Crippen molar-refractivity contribution >= 4 is 61.0 Å². The Morgan fingerprint density at radius 1 is 1.00 bits per heavy atom. The van der Waals surface area contributed by atoms with Crippen LogP contribution in [-0.4, -0.2) is 35.4 Å². The van der Waals surface area contributed by atoms with Gasteiger partial charge in [0.2, 0.25) is 5.95 Å². The number of aromatic amines is 2. The van der Waals surface area contributed by atoms with Gasteiger partial charge in [-0.15, -0.1) is 0 Å². The summed E-state index contributed by atoms with van der Waals surface area (Å²) in [6, 6.07) is 17.3. The lowest BCUT2D eigenvalue weighted by Gasteiger charge is -2.19. The van der Waals surface area contributed by atoms with Gasteiger partial charge in [0.15, 0.2) is 0 Å². The highest BCUT2D eigenvalue weighted by Gasteiger charge is 2.22. The SMILES string of the molecule is CN(c1ccccc1)S(=O)(=O)c1ccc2[nH]c(Nc3c[nH]c4ccc(Cl)nc34)nc2c1. The van der Waals surface area contributed by atoms with Crippen LogP contribution in [0.3, 0.4) is 0 Å². The minimum Gasteiger partial charge on any atom is -0.358 e. The van der Waals surface area contributed by atoms with Gasteiger partial charge in [-0.25, -0.2) is 18.4 Å². The van der Waals surface area contributed by atoms with Gasteiger partial charge in [-0.3, -0.25) is 4.31 Å². The third kappa shape index (κ3) is 3.47. The first kappa shape index (κ1) is 19.4. The second kappa shape index (κ2) is 7.29. The van der Waals surface area contributed by atoms with Crippen molar-refractivity contribution in [2.75, 3.05) is 16.7 Å². The number of pyridine rings is 1. The van der Waals surface area contributed by atoms with Crippen molar-refractivity contribution in [3.63, 3.8) is 0 Å². The van der Waals surface area contributed by atoms with Crippen LogP contribution in [-0.2, 0) is 10.0 Å². The number of nitrogens with one attached hydrogen (secondary N) is 3. The lowest BCUT2D eigenvalue weighted by Crippen LogP contribution is -2.26. The van der Waals surface area contributed by atoms with E-state index in [0.29, 0.717) is 39.0 Å². The molecule has 3 N–H and O–H groups in total. The summed E-state index contributed by atoms with van der Waals surface area (Å²) in [4.78, 5) is 15.2. The zero-order valence-electron chi connectivity index (χ0n) is 16.3. The van der Waals surface area contributed by atoms with Crippen LogP contribution in [0.1, 0.15) is 0 Å². The van der Waals surface area contributed by atoms with Gasteiger partial charge in [-0.05, 0) is 42.5 Å². The Labute approximate surface area is 183 Å². The van der Waals surface area contributed by atoms with Crippen molar-refractivity contribution in [1.29, 1.82) is 0 Å². The highest BCUT2D eigenvalue weighted by Crippen LogP contribution is 2.28. The predicted octanol–water partition coefficient (Wildman–Crippen LogP) is 4.66. The van der Waals surface area contributed by atoms with E-state index in [1.807, 2.05) is 12.1 Å². The number of anilines is 3. The van der Waals surface area contributed by atoms with Gasteiger partial charge in [-0.2, -0.15) is 0 Å². The molecule has 2 aromatic carbocycles. The second-order valence-electron chi connectivity index (χ2n) is 6.93. The van der Waals surface area contributed by atoms with E-state index in [4.69, 9.17) is 11.6 Å². The monoisotopic (exact) mass is 452 g/mol. The summed E-state index contributed by atoms with van der Waals surface area (Å²) >= 11 is 6.01. The first-order valence-corrected chi connectivity index (χ1v) is 11.2. The Morgan fingerprint density at radius 3 is 2.58 bits per heavy atom. The van der Waals surface area contributed by atoms with E-state index in [1.54, 1.807) is 54.7 Å². The number of aromatic nitrogens is 4. The number of para-hydroxylation sites is 1. The van der Waals surface area contributed by atoms with E-state index in [-0.39, 0.29) is 4.90 Å². The second-order valence-corrected chi connectivity index (χ2v) is 9.29. The molecule has 0 radical (unpaired) electrons. The number of H-pyrrole nitrogens is 2. The number of sulfonamides is 1. The average Bonchev–Trinajstić information content (AvgIpc) is 3.36. The molecule has 8 nitrogen and oxygen atoms in total. The molecule has 0 saturated carbocycles.